The van der Waals surface area contributed by atoms with Gasteiger partial charge in [0.05, 0.1) is 12.1 Å². The number of carbonyl (C=O) groups excluding carboxylic acids is 1. The molecule has 2 rings (SSSR count). The van der Waals surface area contributed by atoms with Gasteiger partial charge in [-0.2, -0.15) is 0 Å². The molecule has 1 amide bonds. The molecule has 0 saturated carbocycles. The van der Waals surface area contributed by atoms with E-state index in [1.165, 1.54) is 0 Å². The highest BCUT2D eigenvalue weighted by molar-refractivity contribution is 5.85. The third-order valence-electron chi connectivity index (χ3n) is 3.73. The summed E-state index contributed by atoms with van der Waals surface area (Å²) < 4.78 is 5.34. The third-order valence-corrected chi connectivity index (χ3v) is 3.73. The lowest BCUT2D eigenvalue weighted by molar-refractivity contribution is -0.122. The number of rotatable bonds is 6. The van der Waals surface area contributed by atoms with E-state index in [0.29, 0.717) is 6.42 Å². The van der Waals surface area contributed by atoms with Crippen LogP contribution in [0.5, 0.6) is 0 Å². The lowest BCUT2D eigenvalue weighted by Crippen LogP contribution is -2.43. The summed E-state index contributed by atoms with van der Waals surface area (Å²) in [6.07, 6.45) is 2.30. The van der Waals surface area contributed by atoms with E-state index in [2.05, 4.69) is 17.2 Å². The Bertz CT molecular complexity index is 453. The molecule has 1 fully saturated rings. The number of methoxy groups -OCH3 is 1. The predicted octanol–water partition coefficient (Wildman–Crippen LogP) is 1.87. The van der Waals surface area contributed by atoms with Crippen LogP contribution in [0, 0.1) is 0 Å². The quantitative estimate of drug-likeness (QED) is 0.789. The first kappa shape index (κ1) is 17.7. The molecule has 0 aliphatic carbocycles. The van der Waals surface area contributed by atoms with Crippen LogP contribution < -0.4 is 10.6 Å². The summed E-state index contributed by atoms with van der Waals surface area (Å²) in [4.78, 5) is 12.2. The van der Waals surface area contributed by atoms with Gasteiger partial charge in [0, 0.05) is 32.5 Å². The van der Waals surface area contributed by atoms with Gasteiger partial charge in [-0.1, -0.05) is 36.4 Å². The molecule has 1 heterocycles. The maximum Gasteiger partial charge on any atom is 0.221 e. The molecule has 3 unspecified atom stereocenters. The van der Waals surface area contributed by atoms with E-state index in [1.807, 2.05) is 36.4 Å². The van der Waals surface area contributed by atoms with Gasteiger partial charge in [-0.15, -0.1) is 19.0 Å². The Morgan fingerprint density at radius 1 is 1.48 bits per heavy atom. The molecule has 0 radical (unpaired) electrons. The number of halogens is 1. The topological polar surface area (TPSA) is 50.4 Å². The van der Waals surface area contributed by atoms with Crippen molar-refractivity contribution in [2.24, 2.45) is 0 Å². The zero-order chi connectivity index (χ0) is 14.4. The van der Waals surface area contributed by atoms with Gasteiger partial charge in [-0.25, -0.2) is 0 Å². The molecule has 1 aromatic carbocycles. The largest absolute Gasteiger partial charge is 0.378 e. The number of allylic oxidation sites excluding steroid dienone is 1. The van der Waals surface area contributed by atoms with Gasteiger partial charge < -0.3 is 15.4 Å². The molecule has 2 N–H and O–H groups in total. The normalized spacial score (nSPS) is 22.1. The Labute approximate surface area is 132 Å². The van der Waals surface area contributed by atoms with E-state index in [4.69, 9.17) is 4.74 Å². The Kier molecular flexibility index (Phi) is 7.43. The van der Waals surface area contributed by atoms with Crippen molar-refractivity contribution in [3.8, 4) is 0 Å². The van der Waals surface area contributed by atoms with Gasteiger partial charge in [0.25, 0.3) is 0 Å². The molecule has 21 heavy (non-hydrogen) atoms. The molecule has 0 spiro atoms. The van der Waals surface area contributed by atoms with Crippen LogP contribution in [0.4, 0.5) is 0 Å². The van der Waals surface area contributed by atoms with Crippen LogP contribution in [0.3, 0.4) is 0 Å². The zero-order valence-corrected chi connectivity index (χ0v) is 13.1. The number of benzene rings is 1. The summed E-state index contributed by atoms with van der Waals surface area (Å²) >= 11 is 0. The van der Waals surface area contributed by atoms with Crippen LogP contribution in [-0.4, -0.2) is 38.3 Å². The Balaban J connectivity index is 0.00000220. The molecule has 1 aliphatic heterocycles. The smallest absolute Gasteiger partial charge is 0.221 e. The lowest BCUT2D eigenvalue weighted by atomic mass is 9.95. The van der Waals surface area contributed by atoms with Gasteiger partial charge in [0.15, 0.2) is 0 Å². The lowest BCUT2D eigenvalue weighted by Gasteiger charge is -2.20. The molecule has 0 bridgehead atoms. The molecule has 1 saturated heterocycles. The maximum atomic E-state index is 12.2. The second kappa shape index (κ2) is 8.82. The standard InChI is InChI=1S/C16H22N2O2.ClH/c1-3-12(13-7-5-4-6-8-13)9-16(19)18-14-10-17-11-15(14)20-2;/h3-8,12,14-15,17H,1,9-11H2,2H3,(H,18,19);1H. The van der Waals surface area contributed by atoms with Gasteiger partial charge in [-0.05, 0) is 5.56 Å². The average molecular weight is 311 g/mol. The van der Waals surface area contributed by atoms with Crippen LogP contribution in [0.25, 0.3) is 0 Å². The molecule has 5 heteroatoms. The summed E-state index contributed by atoms with van der Waals surface area (Å²) in [5.74, 6) is 0.0843. The number of carbonyl (C=O) groups is 1. The minimum atomic E-state index is 0. The zero-order valence-electron chi connectivity index (χ0n) is 12.2. The van der Waals surface area contributed by atoms with Crippen LogP contribution in [0.1, 0.15) is 17.9 Å². The van der Waals surface area contributed by atoms with E-state index in [-0.39, 0.29) is 36.4 Å². The van der Waals surface area contributed by atoms with E-state index < -0.39 is 0 Å². The van der Waals surface area contributed by atoms with Gasteiger partial charge in [0.2, 0.25) is 5.91 Å². The SMILES string of the molecule is C=CC(CC(=O)NC1CNCC1OC)c1ccccc1.Cl. The highest BCUT2D eigenvalue weighted by Gasteiger charge is 2.28. The van der Waals surface area contributed by atoms with E-state index in [0.717, 1.165) is 18.7 Å². The predicted molar refractivity (Wildman–Crippen MR) is 86.8 cm³/mol. The first-order valence-electron chi connectivity index (χ1n) is 6.95. The molecule has 1 aliphatic rings. The van der Waals surface area contributed by atoms with Crippen molar-refractivity contribution in [2.45, 2.75) is 24.5 Å². The molecular formula is C16H23ClN2O2. The maximum absolute atomic E-state index is 12.2. The summed E-state index contributed by atoms with van der Waals surface area (Å²) in [7, 11) is 1.67. The van der Waals surface area contributed by atoms with Crippen molar-refractivity contribution in [3.63, 3.8) is 0 Å². The van der Waals surface area contributed by atoms with Crippen LogP contribution >= 0.6 is 12.4 Å². The monoisotopic (exact) mass is 310 g/mol. The number of ether oxygens (including phenoxy) is 1. The fourth-order valence-electron chi connectivity index (χ4n) is 2.55. The number of amides is 1. The van der Waals surface area contributed by atoms with Gasteiger partial charge in [0.1, 0.15) is 0 Å². The highest BCUT2D eigenvalue weighted by atomic mass is 35.5. The summed E-state index contributed by atoms with van der Waals surface area (Å²) in [6.45, 7) is 5.38. The summed E-state index contributed by atoms with van der Waals surface area (Å²) in [6, 6.07) is 10.0. The van der Waals surface area contributed by atoms with Gasteiger partial charge >= 0.3 is 0 Å². The van der Waals surface area contributed by atoms with Crippen LogP contribution in [-0.2, 0) is 9.53 Å². The van der Waals surface area contributed by atoms with Crippen molar-refractivity contribution in [2.75, 3.05) is 20.2 Å². The fraction of sp³-hybridized carbons (Fsp3) is 0.438. The Morgan fingerprint density at radius 2 is 2.19 bits per heavy atom. The molecule has 116 valence electrons. The van der Waals surface area contributed by atoms with Crippen molar-refractivity contribution in [3.05, 3.63) is 48.6 Å². The Hall–Kier alpha value is -1.36. The molecule has 1 aromatic rings. The minimum Gasteiger partial charge on any atom is -0.378 e. The summed E-state index contributed by atoms with van der Waals surface area (Å²) in [5.41, 5.74) is 1.12. The number of hydrogen-bond donors (Lipinski definition) is 2. The first-order chi connectivity index (χ1) is 9.74. The second-order valence-electron chi connectivity index (χ2n) is 5.06. The Morgan fingerprint density at radius 3 is 2.81 bits per heavy atom. The van der Waals surface area contributed by atoms with Gasteiger partial charge in [-0.3, -0.25) is 4.79 Å². The summed E-state index contributed by atoms with van der Waals surface area (Å²) in [5, 5.41) is 6.26. The van der Waals surface area contributed by atoms with Crippen molar-refractivity contribution < 1.29 is 9.53 Å². The molecular weight excluding hydrogens is 288 g/mol. The minimum absolute atomic E-state index is 0. The molecule has 3 atom stereocenters. The van der Waals surface area contributed by atoms with E-state index in [9.17, 15) is 4.79 Å². The number of hydrogen-bond acceptors (Lipinski definition) is 3. The fourth-order valence-corrected chi connectivity index (χ4v) is 2.55. The van der Waals surface area contributed by atoms with Crippen LogP contribution in [0.15, 0.2) is 43.0 Å². The second-order valence-corrected chi connectivity index (χ2v) is 5.06. The van der Waals surface area contributed by atoms with Crippen LogP contribution in [0.2, 0.25) is 0 Å². The van der Waals surface area contributed by atoms with E-state index in [1.54, 1.807) is 7.11 Å². The number of nitrogens with one attached hydrogen (secondary N) is 2. The van der Waals surface area contributed by atoms with Crippen molar-refractivity contribution in [1.29, 1.82) is 0 Å². The highest BCUT2D eigenvalue weighted by Crippen LogP contribution is 2.20. The van der Waals surface area contributed by atoms with Crippen molar-refractivity contribution >= 4 is 18.3 Å². The average Bonchev–Trinajstić information content (AvgIpc) is 2.92. The molecule has 0 aromatic heterocycles. The molecule has 4 nitrogen and oxygen atoms in total. The first-order valence-corrected chi connectivity index (χ1v) is 6.95. The van der Waals surface area contributed by atoms with Crippen molar-refractivity contribution in [1.82, 2.24) is 10.6 Å². The van der Waals surface area contributed by atoms with E-state index >= 15 is 0 Å². The third kappa shape index (κ3) is 4.84.